The van der Waals surface area contributed by atoms with Gasteiger partial charge in [-0.15, -0.1) is 0 Å². The zero-order valence-corrected chi connectivity index (χ0v) is 14.6. The summed E-state index contributed by atoms with van der Waals surface area (Å²) < 4.78 is 2.80. The number of alkyl halides is 1. The van der Waals surface area contributed by atoms with E-state index in [1.54, 1.807) is 0 Å². The van der Waals surface area contributed by atoms with Gasteiger partial charge in [0.25, 0.3) is 0 Å². The average Bonchev–Trinajstić information content (AvgIpc) is 2.58. The fourth-order valence-corrected chi connectivity index (χ4v) is 8.88. The molecule has 0 unspecified atom stereocenters. The first kappa shape index (κ1) is 14.7. The van der Waals surface area contributed by atoms with E-state index < -0.39 is 0 Å². The van der Waals surface area contributed by atoms with Crippen molar-refractivity contribution in [3.05, 3.63) is 94.6 Å². The van der Waals surface area contributed by atoms with Gasteiger partial charge in [0.1, 0.15) is 10.9 Å². The summed E-state index contributed by atoms with van der Waals surface area (Å²) in [7, 11) is 0.197. The van der Waals surface area contributed by atoms with E-state index in [0.29, 0.717) is 0 Å². The molecule has 3 aromatic carbocycles. The summed E-state index contributed by atoms with van der Waals surface area (Å²) in [5, 5.41) is 0. The first-order valence-corrected chi connectivity index (χ1v) is 10.9. The third-order valence-corrected chi connectivity index (χ3v) is 9.52. The van der Waals surface area contributed by atoms with E-state index in [1.807, 2.05) is 0 Å². The quantitative estimate of drug-likeness (QED) is 0.345. The molecular weight excluding hydrogens is 387 g/mol. The van der Waals surface area contributed by atoms with E-state index >= 15 is 0 Å². The highest BCUT2D eigenvalue weighted by molar-refractivity contribution is 7.96. The lowest BCUT2D eigenvalue weighted by Gasteiger charge is -2.02. The van der Waals surface area contributed by atoms with Gasteiger partial charge in [-0.2, -0.15) is 0 Å². The molecule has 0 spiro atoms. The smallest absolute Gasteiger partial charge is 0.0619 e. The number of hydrogen-bond donors (Lipinski definition) is 0. The Morgan fingerprint density at radius 3 is 1.48 bits per heavy atom. The third kappa shape index (κ3) is 4.11. The molecule has 0 atom stereocenters. The SMILES string of the molecule is c1ccc([I+]C[S+](c2ccccc2)c2ccccc2)cc1. The lowest BCUT2D eigenvalue weighted by Crippen LogP contribution is -3.63. The highest BCUT2D eigenvalue weighted by Gasteiger charge is 2.32. The van der Waals surface area contributed by atoms with Gasteiger partial charge in [-0.3, -0.25) is 0 Å². The van der Waals surface area contributed by atoms with Crippen LogP contribution in [0.25, 0.3) is 0 Å². The summed E-state index contributed by atoms with van der Waals surface area (Å²) in [6, 6.07) is 32.8. The van der Waals surface area contributed by atoms with Crippen molar-refractivity contribution >= 4 is 10.9 Å². The Balaban J connectivity index is 1.83. The highest BCUT2D eigenvalue weighted by Crippen LogP contribution is 2.20. The Bertz CT molecular complexity index is 613. The van der Waals surface area contributed by atoms with Crippen LogP contribution < -0.4 is 21.2 Å². The van der Waals surface area contributed by atoms with E-state index in [0.717, 1.165) is 0 Å². The molecule has 21 heavy (non-hydrogen) atoms. The number of benzene rings is 3. The molecule has 104 valence electrons. The minimum atomic E-state index is 0.0473. The van der Waals surface area contributed by atoms with Gasteiger partial charge in [-0.1, -0.05) is 54.6 Å². The molecule has 3 aromatic rings. The van der Waals surface area contributed by atoms with Crippen molar-refractivity contribution in [2.45, 2.75) is 9.79 Å². The van der Waals surface area contributed by atoms with Gasteiger partial charge < -0.3 is 0 Å². The van der Waals surface area contributed by atoms with Crippen LogP contribution in [0.4, 0.5) is 0 Å². The van der Waals surface area contributed by atoms with Gasteiger partial charge in [0.05, 0.1) is 0 Å². The lowest BCUT2D eigenvalue weighted by molar-refractivity contribution is -0.608. The minimum Gasteiger partial charge on any atom is -0.0619 e. The molecule has 0 aliphatic heterocycles. The van der Waals surface area contributed by atoms with Gasteiger partial charge in [-0.25, -0.2) is 0 Å². The van der Waals surface area contributed by atoms with Gasteiger partial charge >= 0.3 is 25.0 Å². The summed E-state index contributed by atoms with van der Waals surface area (Å²) in [5.41, 5.74) is 0. The van der Waals surface area contributed by atoms with Crippen molar-refractivity contribution in [1.29, 1.82) is 0 Å². The highest BCUT2D eigenvalue weighted by atomic mass is 127. The average molecular weight is 404 g/mol. The topological polar surface area (TPSA) is 0 Å². The molecule has 0 bridgehead atoms. The third-order valence-electron chi connectivity index (χ3n) is 3.11. The predicted molar refractivity (Wildman–Crippen MR) is 86.8 cm³/mol. The summed E-state index contributed by atoms with van der Waals surface area (Å²) in [6.45, 7) is 0. The van der Waals surface area contributed by atoms with E-state index in [-0.39, 0.29) is 32.1 Å². The molecule has 0 saturated carbocycles. The van der Waals surface area contributed by atoms with E-state index in [9.17, 15) is 0 Å². The zero-order valence-electron chi connectivity index (χ0n) is 11.7. The van der Waals surface area contributed by atoms with Crippen LogP contribution in [0.5, 0.6) is 0 Å². The van der Waals surface area contributed by atoms with E-state index in [2.05, 4.69) is 91.0 Å². The van der Waals surface area contributed by atoms with Crippen LogP contribution in [0.2, 0.25) is 0 Å². The summed E-state index contributed by atoms with van der Waals surface area (Å²) >= 11 is 0.0473. The summed E-state index contributed by atoms with van der Waals surface area (Å²) in [4.78, 5) is 2.92. The molecule has 0 aliphatic rings. The van der Waals surface area contributed by atoms with Crippen LogP contribution >= 0.6 is 0 Å². The molecule has 2 heteroatoms. The summed E-state index contributed by atoms with van der Waals surface area (Å²) in [6.07, 6.45) is 0. The summed E-state index contributed by atoms with van der Waals surface area (Å²) in [5.74, 6) is 0. The monoisotopic (exact) mass is 404 g/mol. The molecule has 0 saturated heterocycles. The molecule has 0 aromatic heterocycles. The van der Waals surface area contributed by atoms with E-state index in [1.165, 1.54) is 17.1 Å². The first-order chi connectivity index (χ1) is 10.4. The van der Waals surface area contributed by atoms with Gasteiger partial charge in [0, 0.05) is 0 Å². The van der Waals surface area contributed by atoms with Crippen molar-refractivity contribution < 1.29 is 21.2 Å². The Morgan fingerprint density at radius 2 is 1.00 bits per heavy atom. The van der Waals surface area contributed by atoms with E-state index in [4.69, 9.17) is 0 Å². The van der Waals surface area contributed by atoms with Crippen LogP contribution in [0, 0.1) is 3.57 Å². The number of rotatable bonds is 5. The molecule has 3 rings (SSSR count). The van der Waals surface area contributed by atoms with Crippen LogP contribution in [-0.4, -0.2) is 3.76 Å². The molecule has 0 radical (unpaired) electrons. The fraction of sp³-hybridized carbons (Fsp3) is 0.0526. The standard InChI is InChI=1S/C19H17IS/c1-4-10-17(11-5-1)20-16-21(18-12-6-2-7-13-18)19-14-8-3-9-15-19/h1-15H,16H2/q+2. The maximum absolute atomic E-state index is 2.27. The van der Waals surface area contributed by atoms with Crippen molar-refractivity contribution in [3.8, 4) is 0 Å². The largest absolute Gasteiger partial charge is 0.372 e. The second-order valence-corrected chi connectivity index (χ2v) is 10.4. The maximum atomic E-state index is 2.27. The van der Waals surface area contributed by atoms with Crippen LogP contribution in [0.15, 0.2) is 101 Å². The zero-order chi connectivity index (χ0) is 14.3. The molecule has 0 fully saturated rings. The second-order valence-electron chi connectivity index (χ2n) is 4.56. The maximum Gasteiger partial charge on any atom is 0.372 e. The Kier molecular flexibility index (Phi) is 5.35. The fourth-order valence-electron chi connectivity index (χ4n) is 2.05. The Labute approximate surface area is 139 Å². The van der Waals surface area contributed by atoms with Crippen molar-refractivity contribution in [3.63, 3.8) is 0 Å². The van der Waals surface area contributed by atoms with Crippen LogP contribution in [0.3, 0.4) is 0 Å². The minimum absolute atomic E-state index is 0.0473. The molecule has 0 heterocycles. The Morgan fingerprint density at radius 1 is 0.571 bits per heavy atom. The van der Waals surface area contributed by atoms with Crippen LogP contribution in [0.1, 0.15) is 0 Å². The molecule has 0 nitrogen and oxygen atoms in total. The lowest BCUT2D eigenvalue weighted by atomic mass is 10.4. The van der Waals surface area contributed by atoms with Crippen LogP contribution in [-0.2, 0) is 10.9 Å². The van der Waals surface area contributed by atoms with Gasteiger partial charge in [0.15, 0.2) is 13.4 Å². The Hall–Kier alpha value is -1.26. The normalized spacial score (nSPS) is 10.7. The number of halogens is 1. The molecular formula is C19H17IS+2. The van der Waals surface area contributed by atoms with Crippen molar-refractivity contribution in [1.82, 2.24) is 0 Å². The van der Waals surface area contributed by atoms with Gasteiger partial charge in [-0.05, 0) is 36.4 Å². The second kappa shape index (κ2) is 7.66. The molecule has 0 amide bonds. The predicted octanol–water partition coefficient (Wildman–Crippen LogP) is 1.64. The first-order valence-electron chi connectivity index (χ1n) is 6.89. The van der Waals surface area contributed by atoms with Gasteiger partial charge in [0.2, 0.25) is 0 Å². The molecule has 0 N–H and O–H groups in total. The number of hydrogen-bond acceptors (Lipinski definition) is 0. The van der Waals surface area contributed by atoms with Crippen molar-refractivity contribution in [2.75, 3.05) is 3.76 Å². The molecule has 0 aliphatic carbocycles. The van der Waals surface area contributed by atoms with Crippen molar-refractivity contribution in [2.24, 2.45) is 0 Å².